The Hall–Kier alpha value is -3.02. The normalized spacial score (nSPS) is 13.3. The molecule has 0 fully saturated rings. The van der Waals surface area contributed by atoms with Crippen molar-refractivity contribution in [3.63, 3.8) is 0 Å². The first kappa shape index (κ1) is 18.8. The summed E-state index contributed by atoms with van der Waals surface area (Å²) in [6.07, 6.45) is 0.907. The van der Waals surface area contributed by atoms with Crippen molar-refractivity contribution in [2.75, 3.05) is 39.2 Å². The quantitative estimate of drug-likeness (QED) is 0.652. The highest BCUT2D eigenvalue weighted by atomic mass is 16.5. The first-order chi connectivity index (χ1) is 13.1. The molecular weight excluding hydrogens is 340 g/mol. The van der Waals surface area contributed by atoms with Crippen LogP contribution in [0.15, 0.2) is 53.5 Å². The Morgan fingerprint density at radius 2 is 1.96 bits per heavy atom. The third-order valence-electron chi connectivity index (χ3n) is 4.76. The second-order valence-electron chi connectivity index (χ2n) is 6.49. The van der Waals surface area contributed by atoms with Crippen LogP contribution in [0.5, 0.6) is 5.75 Å². The molecule has 3 rings (SSSR count). The van der Waals surface area contributed by atoms with E-state index in [1.165, 1.54) is 5.56 Å². The summed E-state index contributed by atoms with van der Waals surface area (Å²) in [6, 6.07) is 16.0. The largest absolute Gasteiger partial charge is 0.496 e. The third-order valence-corrected chi connectivity index (χ3v) is 4.76. The average molecular weight is 366 g/mol. The molecule has 1 aliphatic heterocycles. The van der Waals surface area contributed by atoms with Crippen LogP contribution in [-0.4, -0.2) is 51.1 Å². The lowest BCUT2D eigenvalue weighted by Crippen LogP contribution is -2.44. The Bertz CT molecular complexity index is 834. The Kier molecular flexibility index (Phi) is 5.96. The zero-order valence-corrected chi connectivity index (χ0v) is 16.1. The van der Waals surface area contributed by atoms with Crippen molar-refractivity contribution in [2.45, 2.75) is 13.0 Å². The summed E-state index contributed by atoms with van der Waals surface area (Å²) in [7, 11) is 5.33. The summed E-state index contributed by atoms with van der Waals surface area (Å²) in [4.78, 5) is 20.8. The fourth-order valence-electron chi connectivity index (χ4n) is 3.40. The standard InChI is InChI=1S/C21H26N4O2/c1-22-21(24(2)15-17-9-5-7-11-19(17)27-3)23-14-20(26)25-13-12-16-8-4-6-10-18(16)25/h4-11H,12-15H2,1-3H3,(H,22,23). The van der Waals surface area contributed by atoms with Gasteiger partial charge in [0.2, 0.25) is 5.91 Å². The highest BCUT2D eigenvalue weighted by molar-refractivity contribution is 5.98. The number of ether oxygens (including phenoxy) is 1. The topological polar surface area (TPSA) is 57.2 Å². The van der Waals surface area contributed by atoms with Crippen LogP contribution < -0.4 is 15.0 Å². The van der Waals surface area contributed by atoms with E-state index in [0.717, 1.165) is 30.0 Å². The molecule has 1 aliphatic rings. The third kappa shape index (κ3) is 4.22. The zero-order valence-electron chi connectivity index (χ0n) is 16.1. The van der Waals surface area contributed by atoms with E-state index in [-0.39, 0.29) is 12.5 Å². The number of nitrogens with zero attached hydrogens (tertiary/aromatic N) is 3. The lowest BCUT2D eigenvalue weighted by atomic mass is 10.2. The second-order valence-corrected chi connectivity index (χ2v) is 6.49. The van der Waals surface area contributed by atoms with Crippen LogP contribution in [0.2, 0.25) is 0 Å². The number of fused-ring (bicyclic) bond motifs is 1. The van der Waals surface area contributed by atoms with Gasteiger partial charge in [-0.15, -0.1) is 0 Å². The Labute approximate surface area is 160 Å². The maximum Gasteiger partial charge on any atom is 0.246 e. The Morgan fingerprint density at radius 1 is 1.22 bits per heavy atom. The molecule has 2 aromatic carbocycles. The molecule has 27 heavy (non-hydrogen) atoms. The van der Waals surface area contributed by atoms with Crippen LogP contribution in [0.25, 0.3) is 0 Å². The molecule has 6 nitrogen and oxygen atoms in total. The monoisotopic (exact) mass is 366 g/mol. The number of carbonyl (C=O) groups is 1. The summed E-state index contributed by atoms with van der Waals surface area (Å²) in [5.74, 6) is 1.55. The van der Waals surface area contributed by atoms with Crippen molar-refractivity contribution in [3.8, 4) is 5.75 Å². The average Bonchev–Trinajstić information content (AvgIpc) is 3.13. The predicted molar refractivity (Wildman–Crippen MR) is 108 cm³/mol. The SMILES string of the molecule is CN=C(NCC(=O)N1CCc2ccccc21)N(C)Cc1ccccc1OC. The molecule has 0 saturated carbocycles. The molecule has 1 amide bonds. The van der Waals surface area contributed by atoms with Crippen molar-refractivity contribution in [2.24, 2.45) is 4.99 Å². The first-order valence-corrected chi connectivity index (χ1v) is 9.06. The Balaban J connectivity index is 1.60. The number of hydrogen-bond donors (Lipinski definition) is 1. The molecule has 0 spiro atoms. The van der Waals surface area contributed by atoms with Crippen LogP contribution in [0.3, 0.4) is 0 Å². The maximum atomic E-state index is 12.7. The molecule has 2 aromatic rings. The highest BCUT2D eigenvalue weighted by Gasteiger charge is 2.24. The summed E-state index contributed by atoms with van der Waals surface area (Å²) in [5, 5.41) is 3.18. The van der Waals surface area contributed by atoms with E-state index in [4.69, 9.17) is 4.74 Å². The van der Waals surface area contributed by atoms with Gasteiger partial charge < -0.3 is 19.9 Å². The van der Waals surface area contributed by atoms with E-state index in [9.17, 15) is 4.79 Å². The molecular formula is C21H26N4O2. The molecule has 0 unspecified atom stereocenters. The van der Waals surface area contributed by atoms with Gasteiger partial charge in [0.15, 0.2) is 5.96 Å². The van der Waals surface area contributed by atoms with Gasteiger partial charge >= 0.3 is 0 Å². The molecule has 0 aromatic heterocycles. The minimum absolute atomic E-state index is 0.0480. The van der Waals surface area contributed by atoms with E-state index in [0.29, 0.717) is 12.5 Å². The van der Waals surface area contributed by atoms with Gasteiger partial charge in [-0.2, -0.15) is 0 Å². The molecule has 6 heteroatoms. The number of nitrogens with one attached hydrogen (secondary N) is 1. The minimum Gasteiger partial charge on any atom is -0.496 e. The molecule has 0 bridgehead atoms. The van der Waals surface area contributed by atoms with Crippen LogP contribution in [0.1, 0.15) is 11.1 Å². The lowest BCUT2D eigenvalue weighted by molar-refractivity contribution is -0.117. The lowest BCUT2D eigenvalue weighted by Gasteiger charge is -2.24. The molecule has 1 N–H and O–H groups in total. The minimum atomic E-state index is 0.0480. The van der Waals surface area contributed by atoms with E-state index < -0.39 is 0 Å². The van der Waals surface area contributed by atoms with Gasteiger partial charge in [-0.3, -0.25) is 9.79 Å². The smallest absolute Gasteiger partial charge is 0.246 e. The zero-order chi connectivity index (χ0) is 19.2. The van der Waals surface area contributed by atoms with Gasteiger partial charge in [0.05, 0.1) is 13.7 Å². The van der Waals surface area contributed by atoms with Crippen molar-refractivity contribution in [1.29, 1.82) is 0 Å². The molecule has 142 valence electrons. The molecule has 0 aliphatic carbocycles. The number of anilines is 1. The number of para-hydroxylation sites is 2. The highest BCUT2D eigenvalue weighted by Crippen LogP contribution is 2.27. The van der Waals surface area contributed by atoms with Gasteiger partial charge in [-0.1, -0.05) is 36.4 Å². The maximum absolute atomic E-state index is 12.7. The summed E-state index contributed by atoms with van der Waals surface area (Å²) >= 11 is 0. The van der Waals surface area contributed by atoms with Gasteiger partial charge in [0, 0.05) is 38.4 Å². The fourth-order valence-corrected chi connectivity index (χ4v) is 3.40. The number of benzene rings is 2. The van der Waals surface area contributed by atoms with Gasteiger partial charge in [0.1, 0.15) is 5.75 Å². The number of aliphatic imine (C=N–C) groups is 1. The van der Waals surface area contributed by atoms with Crippen LogP contribution in [-0.2, 0) is 17.8 Å². The van der Waals surface area contributed by atoms with Crippen LogP contribution in [0.4, 0.5) is 5.69 Å². The summed E-state index contributed by atoms with van der Waals surface area (Å²) in [5.41, 5.74) is 3.30. The predicted octanol–water partition coefficient (Wildman–Crippen LogP) is 2.29. The van der Waals surface area contributed by atoms with E-state index >= 15 is 0 Å². The molecule has 0 atom stereocenters. The van der Waals surface area contributed by atoms with Crippen LogP contribution in [0, 0.1) is 0 Å². The number of hydrogen-bond acceptors (Lipinski definition) is 3. The number of amides is 1. The van der Waals surface area contributed by atoms with Gasteiger partial charge in [-0.25, -0.2) is 0 Å². The molecule has 0 radical (unpaired) electrons. The number of guanidine groups is 1. The second kappa shape index (κ2) is 8.58. The molecule has 1 heterocycles. The van der Waals surface area contributed by atoms with Gasteiger partial charge in [-0.05, 0) is 24.1 Å². The van der Waals surface area contributed by atoms with Gasteiger partial charge in [0.25, 0.3) is 0 Å². The van der Waals surface area contributed by atoms with E-state index in [1.54, 1.807) is 14.2 Å². The van der Waals surface area contributed by atoms with Crippen molar-refractivity contribution in [1.82, 2.24) is 10.2 Å². The van der Waals surface area contributed by atoms with E-state index in [1.807, 2.05) is 59.3 Å². The number of carbonyl (C=O) groups excluding carboxylic acids is 1. The van der Waals surface area contributed by atoms with Crippen molar-refractivity contribution < 1.29 is 9.53 Å². The van der Waals surface area contributed by atoms with Crippen LogP contribution >= 0.6 is 0 Å². The van der Waals surface area contributed by atoms with E-state index in [2.05, 4.69) is 16.4 Å². The Morgan fingerprint density at radius 3 is 2.74 bits per heavy atom. The summed E-state index contributed by atoms with van der Waals surface area (Å²) < 4.78 is 5.41. The van der Waals surface area contributed by atoms with Crippen molar-refractivity contribution >= 4 is 17.6 Å². The van der Waals surface area contributed by atoms with Crippen molar-refractivity contribution in [3.05, 3.63) is 59.7 Å². The number of methoxy groups -OCH3 is 1. The first-order valence-electron chi connectivity index (χ1n) is 9.06. The summed E-state index contributed by atoms with van der Waals surface area (Å²) in [6.45, 7) is 1.57. The number of rotatable bonds is 5. The fraction of sp³-hybridized carbons (Fsp3) is 0.333. The molecule has 0 saturated heterocycles.